The number of primary amides is 1. The van der Waals surface area contributed by atoms with Gasteiger partial charge in [0.15, 0.2) is 0 Å². The first-order valence-corrected chi connectivity index (χ1v) is 10.6. The van der Waals surface area contributed by atoms with Crippen molar-refractivity contribution in [1.82, 2.24) is 4.98 Å². The third-order valence-electron chi connectivity index (χ3n) is 4.00. The Hall–Kier alpha value is -2.99. The van der Waals surface area contributed by atoms with Gasteiger partial charge in [0.2, 0.25) is 5.91 Å². The molecule has 0 saturated carbocycles. The number of pyridine rings is 1. The molecular weight excluding hydrogens is 425 g/mol. The fraction of sp³-hybridized carbons (Fsp3) is 0.278. The van der Waals surface area contributed by atoms with E-state index in [9.17, 15) is 31.2 Å². The maximum Gasteiger partial charge on any atom is 0.433 e. The number of hydrogen-bond donors (Lipinski definition) is 2. The Labute approximate surface area is 170 Å². The lowest BCUT2D eigenvalue weighted by Crippen LogP contribution is -2.36. The van der Waals surface area contributed by atoms with E-state index in [1.165, 1.54) is 24.3 Å². The molecule has 2 rings (SSSR count). The Kier molecular flexibility index (Phi) is 6.83. The van der Waals surface area contributed by atoms with Crippen molar-refractivity contribution < 1.29 is 31.2 Å². The number of alkyl halides is 3. The number of carbonyl (C=O) groups is 2. The summed E-state index contributed by atoms with van der Waals surface area (Å²) < 4.78 is 62.9. The molecule has 0 aliphatic rings. The molecule has 162 valence electrons. The van der Waals surface area contributed by atoms with E-state index in [-0.39, 0.29) is 23.2 Å². The zero-order chi connectivity index (χ0) is 22.7. The molecule has 12 heteroatoms. The molecule has 4 N–H and O–H groups in total. The zero-order valence-corrected chi connectivity index (χ0v) is 16.6. The van der Waals surface area contributed by atoms with Gasteiger partial charge in [-0.3, -0.25) is 14.5 Å². The number of nitrogens with zero attached hydrogens (tertiary/aromatic N) is 2. The number of amides is 2. The Morgan fingerprint density at radius 3 is 2.30 bits per heavy atom. The van der Waals surface area contributed by atoms with Crippen molar-refractivity contribution >= 4 is 27.5 Å². The predicted octanol–water partition coefficient (Wildman–Crippen LogP) is 1.35. The van der Waals surface area contributed by atoms with Crippen LogP contribution in [0.3, 0.4) is 0 Å². The monoisotopic (exact) mass is 444 g/mol. The fourth-order valence-electron chi connectivity index (χ4n) is 2.51. The summed E-state index contributed by atoms with van der Waals surface area (Å²) in [7, 11) is -3.56. The second-order valence-electron chi connectivity index (χ2n) is 6.45. The highest BCUT2D eigenvalue weighted by atomic mass is 32.2. The topological polar surface area (TPSA) is 136 Å². The van der Waals surface area contributed by atoms with Crippen LogP contribution >= 0.6 is 0 Å². The van der Waals surface area contributed by atoms with Crippen LogP contribution in [0.25, 0.3) is 0 Å². The summed E-state index contributed by atoms with van der Waals surface area (Å²) in [5, 5.41) is 0. The van der Waals surface area contributed by atoms with Gasteiger partial charge in [-0.2, -0.15) is 13.2 Å². The van der Waals surface area contributed by atoms with Crippen molar-refractivity contribution in [1.29, 1.82) is 0 Å². The van der Waals surface area contributed by atoms with Crippen LogP contribution in [0, 0.1) is 0 Å². The van der Waals surface area contributed by atoms with Gasteiger partial charge in [0.25, 0.3) is 5.91 Å². The highest BCUT2D eigenvalue weighted by Gasteiger charge is 2.34. The number of sulfone groups is 1. The first-order chi connectivity index (χ1) is 13.8. The van der Waals surface area contributed by atoms with Gasteiger partial charge in [0.05, 0.1) is 5.75 Å². The quantitative estimate of drug-likeness (QED) is 0.662. The summed E-state index contributed by atoms with van der Waals surface area (Å²) in [6, 6.07) is 7.13. The van der Waals surface area contributed by atoms with Crippen LogP contribution in [0.2, 0.25) is 0 Å². The number of anilines is 1. The second-order valence-corrected chi connectivity index (χ2v) is 8.71. The lowest BCUT2D eigenvalue weighted by Gasteiger charge is -2.23. The maximum absolute atomic E-state index is 13.2. The summed E-state index contributed by atoms with van der Waals surface area (Å²) in [6.45, 7) is -0.722. The van der Waals surface area contributed by atoms with E-state index in [1.807, 2.05) is 0 Å². The second kappa shape index (κ2) is 8.79. The summed E-state index contributed by atoms with van der Waals surface area (Å²) >= 11 is 0. The minimum absolute atomic E-state index is 0.00330. The van der Waals surface area contributed by atoms with E-state index < -0.39 is 51.6 Å². The lowest BCUT2D eigenvalue weighted by molar-refractivity contribution is -0.141. The van der Waals surface area contributed by atoms with E-state index in [0.717, 1.165) is 23.3 Å². The number of carbonyl (C=O) groups excluding carboxylic acids is 2. The molecule has 0 radical (unpaired) electrons. The van der Waals surface area contributed by atoms with Crippen molar-refractivity contribution in [3.63, 3.8) is 0 Å². The number of hydrogen-bond acceptors (Lipinski definition) is 6. The number of halogens is 3. The molecule has 0 saturated heterocycles. The molecule has 2 amide bonds. The van der Waals surface area contributed by atoms with Gasteiger partial charge in [-0.1, -0.05) is 6.07 Å². The van der Waals surface area contributed by atoms with Gasteiger partial charge in [-0.15, -0.1) is 0 Å². The van der Waals surface area contributed by atoms with Crippen molar-refractivity contribution in [3.05, 3.63) is 58.8 Å². The van der Waals surface area contributed by atoms with Gasteiger partial charge >= 0.3 is 6.18 Å². The van der Waals surface area contributed by atoms with Crippen molar-refractivity contribution in [2.24, 2.45) is 11.5 Å². The molecule has 1 aromatic carbocycles. The molecule has 1 aromatic heterocycles. The summed E-state index contributed by atoms with van der Waals surface area (Å²) in [4.78, 5) is 28.7. The maximum atomic E-state index is 13.2. The molecule has 0 atom stereocenters. The summed E-state index contributed by atoms with van der Waals surface area (Å²) in [5.41, 5.74) is 9.37. The van der Waals surface area contributed by atoms with E-state index in [1.54, 1.807) is 0 Å². The molecular formula is C18H19F3N4O4S. The summed E-state index contributed by atoms with van der Waals surface area (Å²) in [5.74, 6) is -2.60. The minimum atomic E-state index is -4.81. The van der Waals surface area contributed by atoms with Crippen molar-refractivity contribution in [3.8, 4) is 0 Å². The molecule has 8 nitrogen and oxygen atoms in total. The molecule has 0 aliphatic heterocycles. The van der Waals surface area contributed by atoms with Crippen molar-refractivity contribution in [2.45, 2.75) is 12.7 Å². The van der Waals surface area contributed by atoms with Crippen LogP contribution < -0.4 is 16.4 Å². The Bertz CT molecular complexity index is 1070. The van der Waals surface area contributed by atoms with E-state index in [4.69, 9.17) is 11.5 Å². The highest BCUT2D eigenvalue weighted by molar-refractivity contribution is 7.90. The molecule has 30 heavy (non-hydrogen) atoms. The lowest BCUT2D eigenvalue weighted by atomic mass is 10.1. The first kappa shape index (κ1) is 23.3. The van der Waals surface area contributed by atoms with Crippen LogP contribution in [0.5, 0.6) is 0 Å². The SMILES string of the molecule is CS(=O)(=O)CCN(C(=O)c1cccc(C(N)=O)c1)c1cc(CN)cc(C(F)(F)F)n1. The average molecular weight is 444 g/mol. The molecule has 1 heterocycles. The van der Waals surface area contributed by atoms with E-state index in [2.05, 4.69) is 4.98 Å². The highest BCUT2D eigenvalue weighted by Crippen LogP contribution is 2.30. The Balaban J connectivity index is 2.59. The number of rotatable bonds is 7. The van der Waals surface area contributed by atoms with Gasteiger partial charge < -0.3 is 11.5 Å². The standard InChI is InChI=1S/C18H19F3N4O4S/c1-30(28,29)6-5-25(17(27)13-4-2-3-12(9-13)16(23)26)15-8-11(10-22)7-14(24-15)18(19,20)21/h2-4,7-9H,5-6,10,22H2,1H3,(H2,23,26). The molecule has 0 aliphatic carbocycles. The number of aromatic nitrogens is 1. The molecule has 0 spiro atoms. The Morgan fingerprint density at radius 2 is 1.77 bits per heavy atom. The predicted molar refractivity (Wildman–Crippen MR) is 103 cm³/mol. The molecule has 0 fully saturated rings. The van der Waals surface area contributed by atoms with Gasteiger partial charge in [0.1, 0.15) is 21.3 Å². The molecule has 2 aromatic rings. The number of nitrogens with two attached hydrogens (primary N) is 2. The van der Waals surface area contributed by atoms with Crippen LogP contribution in [0.15, 0.2) is 36.4 Å². The van der Waals surface area contributed by atoms with Gasteiger partial charge in [-0.25, -0.2) is 13.4 Å². The fourth-order valence-corrected chi connectivity index (χ4v) is 3.03. The zero-order valence-electron chi connectivity index (χ0n) is 15.8. The van der Waals surface area contributed by atoms with Crippen LogP contribution in [0.4, 0.5) is 19.0 Å². The summed E-state index contributed by atoms with van der Waals surface area (Å²) in [6.07, 6.45) is -3.88. The van der Waals surface area contributed by atoms with Crippen LogP contribution in [-0.2, 0) is 22.6 Å². The molecule has 0 bridgehead atoms. The Morgan fingerprint density at radius 1 is 1.13 bits per heavy atom. The third-order valence-corrected chi connectivity index (χ3v) is 4.92. The third kappa shape index (κ3) is 6.00. The van der Waals surface area contributed by atoms with Crippen LogP contribution in [0.1, 0.15) is 32.0 Å². The van der Waals surface area contributed by atoms with Gasteiger partial charge in [-0.05, 0) is 35.9 Å². The number of benzene rings is 1. The first-order valence-electron chi connectivity index (χ1n) is 8.49. The average Bonchev–Trinajstić information content (AvgIpc) is 2.66. The minimum Gasteiger partial charge on any atom is -0.366 e. The van der Waals surface area contributed by atoms with Crippen molar-refractivity contribution in [2.75, 3.05) is 23.5 Å². The molecule has 0 unspecified atom stereocenters. The van der Waals surface area contributed by atoms with E-state index in [0.29, 0.717) is 0 Å². The van der Waals surface area contributed by atoms with Crippen LogP contribution in [-0.4, -0.2) is 43.8 Å². The normalized spacial score (nSPS) is 11.9. The van der Waals surface area contributed by atoms with Gasteiger partial charge in [0, 0.05) is 30.5 Å². The largest absolute Gasteiger partial charge is 0.433 e. The van der Waals surface area contributed by atoms with E-state index >= 15 is 0 Å². The smallest absolute Gasteiger partial charge is 0.366 e.